The molecule has 4 nitrogen and oxygen atoms in total. The molecule has 0 atom stereocenters. The molecule has 2 aromatic heterocycles. The van der Waals surface area contributed by atoms with Crippen LogP contribution < -0.4 is 0 Å². The summed E-state index contributed by atoms with van der Waals surface area (Å²) in [5.41, 5.74) is 16.2. The van der Waals surface area contributed by atoms with Crippen molar-refractivity contribution in [2.75, 3.05) is 0 Å². The van der Waals surface area contributed by atoms with Gasteiger partial charge in [0, 0.05) is 23.0 Å². The van der Waals surface area contributed by atoms with Gasteiger partial charge in [-0.25, -0.2) is 4.98 Å². The molecule has 2 heterocycles. The number of imidazole rings is 1. The number of aromatic nitrogens is 3. The molecule has 0 saturated heterocycles. The molecule has 7 rings (SSSR count). The van der Waals surface area contributed by atoms with Crippen LogP contribution in [0, 0.1) is 0 Å². The number of aromatic hydroxyl groups is 1. The minimum atomic E-state index is -0.194. The first-order valence-corrected chi connectivity index (χ1v) is 20.9. The Morgan fingerprint density at radius 1 is 0.534 bits per heavy atom. The first-order chi connectivity index (χ1) is 27.2. The van der Waals surface area contributed by atoms with Crippen molar-refractivity contribution in [2.45, 2.75) is 118 Å². The highest BCUT2D eigenvalue weighted by Crippen LogP contribution is 2.46. The topological polar surface area (TPSA) is 50.9 Å². The van der Waals surface area contributed by atoms with Crippen molar-refractivity contribution in [3.63, 3.8) is 0 Å². The van der Waals surface area contributed by atoms with E-state index in [0.717, 1.165) is 39.1 Å². The minimum absolute atomic E-state index is 0.158. The van der Waals surface area contributed by atoms with Crippen molar-refractivity contribution in [1.82, 2.24) is 14.5 Å². The number of hydrogen-bond donors (Lipinski definition) is 1. The Bertz CT molecular complexity index is 2600. The third-order valence-electron chi connectivity index (χ3n) is 11.5. The molecule has 0 fully saturated rings. The molecule has 7 aromatic rings. The normalized spacial score (nSPS) is 12.6. The summed E-state index contributed by atoms with van der Waals surface area (Å²) in [4.78, 5) is 10.6. The van der Waals surface area contributed by atoms with Crippen molar-refractivity contribution >= 4 is 11.0 Å². The summed E-state index contributed by atoms with van der Waals surface area (Å²) in [6, 6.07) is 38.9. The Kier molecular flexibility index (Phi) is 10.6. The smallest absolute Gasteiger partial charge is 0.149 e. The second kappa shape index (κ2) is 15.0. The number of phenolic OH excluding ortho intramolecular Hbond substituents is 1. The lowest BCUT2D eigenvalue weighted by Gasteiger charge is -2.31. The van der Waals surface area contributed by atoms with E-state index in [9.17, 15) is 5.11 Å². The van der Waals surface area contributed by atoms with E-state index in [-0.39, 0.29) is 22.0 Å². The number of para-hydroxylation sites is 2. The van der Waals surface area contributed by atoms with Gasteiger partial charge in [-0.05, 0) is 127 Å². The monoisotopic (exact) mass is 767 g/mol. The predicted molar refractivity (Wildman–Crippen MR) is 247 cm³/mol. The van der Waals surface area contributed by atoms with Gasteiger partial charge < -0.3 is 5.11 Å². The lowest BCUT2D eigenvalue weighted by molar-refractivity contribution is 0.477. The minimum Gasteiger partial charge on any atom is -0.507 e. The molecule has 298 valence electrons. The van der Waals surface area contributed by atoms with Gasteiger partial charge in [-0.3, -0.25) is 9.55 Å². The van der Waals surface area contributed by atoms with Crippen LogP contribution in [-0.2, 0) is 16.2 Å². The van der Waals surface area contributed by atoms with Crippen LogP contribution >= 0.6 is 0 Å². The Morgan fingerprint density at radius 2 is 1.14 bits per heavy atom. The number of benzene rings is 5. The first-order valence-electron chi connectivity index (χ1n) is 20.9. The van der Waals surface area contributed by atoms with Gasteiger partial charge in [-0.1, -0.05) is 145 Å². The van der Waals surface area contributed by atoms with Crippen LogP contribution in [0.15, 0.2) is 115 Å². The average Bonchev–Trinajstić information content (AvgIpc) is 3.55. The van der Waals surface area contributed by atoms with E-state index in [1.165, 1.54) is 38.9 Å². The largest absolute Gasteiger partial charge is 0.507 e. The molecule has 0 unspecified atom stereocenters. The molecule has 1 N–H and O–H groups in total. The molecule has 0 spiro atoms. The van der Waals surface area contributed by atoms with Crippen molar-refractivity contribution in [3.8, 4) is 56.3 Å². The van der Waals surface area contributed by atoms with Crippen molar-refractivity contribution in [1.29, 1.82) is 0 Å². The maximum absolute atomic E-state index is 11.3. The van der Waals surface area contributed by atoms with Crippen LogP contribution in [0.2, 0.25) is 0 Å². The maximum Gasteiger partial charge on any atom is 0.149 e. The average molecular weight is 768 g/mol. The molecular weight excluding hydrogens is 707 g/mol. The van der Waals surface area contributed by atoms with Crippen LogP contribution in [0.3, 0.4) is 0 Å². The van der Waals surface area contributed by atoms with Gasteiger partial charge in [0.25, 0.3) is 0 Å². The number of nitrogens with zero attached hydrogens (tertiary/aromatic N) is 3. The van der Waals surface area contributed by atoms with E-state index in [1.807, 2.05) is 30.5 Å². The van der Waals surface area contributed by atoms with Crippen molar-refractivity contribution < 1.29 is 5.11 Å². The second-order valence-electron chi connectivity index (χ2n) is 19.8. The molecular formula is C54H61N3O. The van der Waals surface area contributed by atoms with E-state index >= 15 is 0 Å². The summed E-state index contributed by atoms with van der Waals surface area (Å²) in [5.74, 6) is 1.76. The molecule has 4 heteroatoms. The Hall–Kier alpha value is -5.48. The highest BCUT2D eigenvalue weighted by atomic mass is 16.3. The molecule has 0 aliphatic heterocycles. The van der Waals surface area contributed by atoms with Crippen molar-refractivity contribution in [2.24, 2.45) is 0 Å². The lowest BCUT2D eigenvalue weighted by Crippen LogP contribution is -2.19. The number of pyridine rings is 1. The molecule has 0 saturated carbocycles. The molecule has 0 bridgehead atoms. The van der Waals surface area contributed by atoms with E-state index in [1.54, 1.807) is 6.07 Å². The van der Waals surface area contributed by atoms with Gasteiger partial charge in [0.15, 0.2) is 0 Å². The SMILES string of the molecule is CC(C)c1cc(-c2ccnc(-c3cc(-c4cc(C(C)(C)C)cc5c4nc(-c4ccccc4O)n5-c4ccccc4)c(C(C)(C)C)cc3C(C)(C)C)c2)cc(C(C)C)c1. The van der Waals surface area contributed by atoms with Gasteiger partial charge in [0.2, 0.25) is 0 Å². The summed E-state index contributed by atoms with van der Waals surface area (Å²) >= 11 is 0. The molecule has 0 aliphatic carbocycles. The number of fused-ring (bicyclic) bond motifs is 1. The van der Waals surface area contributed by atoms with E-state index in [4.69, 9.17) is 9.97 Å². The summed E-state index contributed by atoms with van der Waals surface area (Å²) in [5, 5.41) is 11.3. The van der Waals surface area contributed by atoms with Gasteiger partial charge in [-0.2, -0.15) is 0 Å². The quantitative estimate of drug-likeness (QED) is 0.176. The van der Waals surface area contributed by atoms with Crippen LogP contribution in [0.25, 0.3) is 61.6 Å². The van der Waals surface area contributed by atoms with Gasteiger partial charge >= 0.3 is 0 Å². The first kappa shape index (κ1) is 40.7. The Morgan fingerprint density at radius 3 is 1.72 bits per heavy atom. The summed E-state index contributed by atoms with van der Waals surface area (Å²) in [6.45, 7) is 29.8. The van der Waals surface area contributed by atoms with Crippen LogP contribution in [0.5, 0.6) is 5.75 Å². The zero-order chi connectivity index (χ0) is 41.9. The molecule has 0 amide bonds. The third-order valence-corrected chi connectivity index (χ3v) is 11.5. The fourth-order valence-corrected chi connectivity index (χ4v) is 8.04. The number of rotatable bonds is 7. The standard InChI is InChI=1S/C54H61N3O/c1-33(2)36-25-37(34(3)4)27-38(26-36)35-23-24-55-47(28-35)44-31-42(45(53(8,9)10)32-46(44)54(11,12)13)43-29-39(52(5,6)7)30-48-50(43)56-51(41-21-17-18-22-49(41)58)57(48)40-19-15-14-16-20-40/h14-34,58H,1-13H3. The Labute approximate surface area is 347 Å². The fourth-order valence-electron chi connectivity index (χ4n) is 8.04. The van der Waals surface area contributed by atoms with Gasteiger partial charge in [0.1, 0.15) is 11.6 Å². The van der Waals surface area contributed by atoms with Gasteiger partial charge in [0.05, 0.1) is 22.3 Å². The van der Waals surface area contributed by atoms with Gasteiger partial charge in [-0.15, -0.1) is 0 Å². The highest BCUT2D eigenvalue weighted by molar-refractivity contribution is 5.98. The molecule has 5 aromatic carbocycles. The van der Waals surface area contributed by atoms with Crippen LogP contribution in [-0.4, -0.2) is 19.6 Å². The predicted octanol–water partition coefficient (Wildman–Crippen LogP) is 14.9. The summed E-state index contributed by atoms with van der Waals surface area (Å²) < 4.78 is 2.21. The van der Waals surface area contributed by atoms with E-state index in [0.29, 0.717) is 23.2 Å². The Balaban J connectivity index is 1.59. The molecule has 0 radical (unpaired) electrons. The fraction of sp³-hybridized carbons (Fsp3) is 0.333. The lowest BCUT2D eigenvalue weighted by atomic mass is 9.74. The zero-order valence-corrected chi connectivity index (χ0v) is 36.9. The van der Waals surface area contributed by atoms with E-state index < -0.39 is 0 Å². The molecule has 0 aliphatic rings. The number of hydrogen-bond acceptors (Lipinski definition) is 3. The highest BCUT2D eigenvalue weighted by Gasteiger charge is 2.30. The van der Waals surface area contributed by atoms with E-state index in [2.05, 4.69) is 173 Å². The summed E-state index contributed by atoms with van der Waals surface area (Å²) in [6.07, 6.45) is 1.98. The van der Waals surface area contributed by atoms with Crippen LogP contribution in [0.1, 0.15) is 130 Å². The number of phenols is 1. The second-order valence-corrected chi connectivity index (χ2v) is 19.8. The molecule has 58 heavy (non-hydrogen) atoms. The zero-order valence-electron chi connectivity index (χ0n) is 36.9. The van der Waals surface area contributed by atoms with Crippen LogP contribution in [0.4, 0.5) is 0 Å². The van der Waals surface area contributed by atoms with Crippen molar-refractivity contribution in [3.05, 3.63) is 143 Å². The third kappa shape index (κ3) is 7.86. The maximum atomic E-state index is 11.3. The summed E-state index contributed by atoms with van der Waals surface area (Å²) in [7, 11) is 0.